The maximum atomic E-state index is 9.57. The van der Waals surface area contributed by atoms with Gasteiger partial charge in [0, 0.05) is 19.3 Å². The van der Waals surface area contributed by atoms with E-state index in [0.717, 1.165) is 19.3 Å². The summed E-state index contributed by atoms with van der Waals surface area (Å²) in [6, 6.07) is 0. The largest absolute Gasteiger partial charge is 0.390 e. The molecule has 4 rings (SSSR count). The Morgan fingerprint density at radius 3 is 2.55 bits per heavy atom. The molecule has 0 amide bonds. The maximum absolute atomic E-state index is 9.57. The van der Waals surface area contributed by atoms with Crippen molar-refractivity contribution in [3.8, 4) is 0 Å². The summed E-state index contributed by atoms with van der Waals surface area (Å²) < 4.78 is 11.3. The zero-order valence-electron chi connectivity index (χ0n) is 6.27. The SMILES string of the molecule is OC1CC2CC3OC1CC3O2. The van der Waals surface area contributed by atoms with Gasteiger partial charge in [0.2, 0.25) is 0 Å². The Morgan fingerprint density at radius 2 is 1.73 bits per heavy atom. The molecule has 0 aromatic heterocycles. The molecule has 4 fully saturated rings. The van der Waals surface area contributed by atoms with Gasteiger partial charge in [0.05, 0.1) is 30.5 Å². The molecule has 5 unspecified atom stereocenters. The molecule has 1 N–H and O–H groups in total. The first-order valence-electron chi connectivity index (χ1n) is 4.32. The Kier molecular flexibility index (Phi) is 1.15. The summed E-state index contributed by atoms with van der Waals surface area (Å²) in [7, 11) is 0. The highest BCUT2D eigenvalue weighted by molar-refractivity contribution is 4.98. The average molecular weight is 156 g/mol. The fraction of sp³-hybridized carbons (Fsp3) is 1.00. The van der Waals surface area contributed by atoms with E-state index in [1.54, 1.807) is 0 Å². The minimum absolute atomic E-state index is 0.0671. The third-order valence-electron chi connectivity index (χ3n) is 3.02. The van der Waals surface area contributed by atoms with Crippen LogP contribution in [0.5, 0.6) is 0 Å². The lowest BCUT2D eigenvalue weighted by atomic mass is 9.99. The zero-order valence-corrected chi connectivity index (χ0v) is 6.27. The number of rotatable bonds is 0. The summed E-state index contributed by atoms with van der Waals surface area (Å²) in [5.74, 6) is 0. The Labute approximate surface area is 65.3 Å². The summed E-state index contributed by atoms with van der Waals surface area (Å²) in [5, 5.41) is 9.57. The number of hydrogen-bond acceptors (Lipinski definition) is 3. The summed E-state index contributed by atoms with van der Waals surface area (Å²) in [6.07, 6.45) is 3.32. The van der Waals surface area contributed by atoms with Gasteiger partial charge < -0.3 is 14.6 Å². The fourth-order valence-corrected chi connectivity index (χ4v) is 2.48. The van der Waals surface area contributed by atoms with Gasteiger partial charge in [0.25, 0.3) is 0 Å². The van der Waals surface area contributed by atoms with Crippen LogP contribution in [0.3, 0.4) is 0 Å². The van der Waals surface area contributed by atoms with Gasteiger partial charge >= 0.3 is 0 Å². The average Bonchev–Trinajstić information content (AvgIpc) is 2.33. The van der Waals surface area contributed by atoms with Crippen molar-refractivity contribution in [2.75, 3.05) is 0 Å². The number of aliphatic hydroxyl groups excluding tert-OH is 1. The van der Waals surface area contributed by atoms with Crippen molar-refractivity contribution >= 4 is 0 Å². The molecule has 0 saturated carbocycles. The summed E-state index contributed by atoms with van der Waals surface area (Å²) in [6.45, 7) is 0. The molecular formula is C8H12O3. The minimum Gasteiger partial charge on any atom is -0.390 e. The second kappa shape index (κ2) is 1.97. The Morgan fingerprint density at radius 1 is 0.909 bits per heavy atom. The third-order valence-corrected chi connectivity index (χ3v) is 3.02. The molecule has 11 heavy (non-hydrogen) atoms. The minimum atomic E-state index is -0.280. The number of aliphatic hydroxyl groups is 1. The second-order valence-corrected chi connectivity index (χ2v) is 3.78. The molecule has 0 aromatic carbocycles. The molecule has 4 aliphatic heterocycles. The Bertz CT molecular complexity index is 168. The standard InChI is InChI=1S/C8H12O3/c9-5-1-4-2-7-8(10-4)3-6(5)11-7/h4-9H,1-3H2. The van der Waals surface area contributed by atoms with E-state index < -0.39 is 0 Å². The van der Waals surface area contributed by atoms with Crippen LogP contribution in [-0.2, 0) is 9.47 Å². The lowest BCUT2D eigenvalue weighted by molar-refractivity contribution is -0.0460. The van der Waals surface area contributed by atoms with Crippen LogP contribution in [0.15, 0.2) is 0 Å². The van der Waals surface area contributed by atoms with Gasteiger partial charge in [-0.1, -0.05) is 0 Å². The highest BCUT2D eigenvalue weighted by atomic mass is 16.6. The third kappa shape index (κ3) is 0.789. The van der Waals surface area contributed by atoms with Gasteiger partial charge in [-0.3, -0.25) is 0 Å². The maximum Gasteiger partial charge on any atom is 0.0867 e. The van der Waals surface area contributed by atoms with Crippen molar-refractivity contribution in [3.63, 3.8) is 0 Å². The first kappa shape index (κ1) is 6.40. The Hall–Kier alpha value is -0.120. The predicted molar refractivity (Wildman–Crippen MR) is 37.2 cm³/mol. The lowest BCUT2D eigenvalue weighted by Crippen LogP contribution is -2.25. The molecular weight excluding hydrogens is 144 g/mol. The van der Waals surface area contributed by atoms with Crippen molar-refractivity contribution < 1.29 is 14.6 Å². The topological polar surface area (TPSA) is 38.7 Å². The van der Waals surface area contributed by atoms with E-state index in [9.17, 15) is 5.11 Å². The molecule has 3 heteroatoms. The van der Waals surface area contributed by atoms with Gasteiger partial charge in [-0.2, -0.15) is 0 Å². The molecule has 4 aliphatic rings. The molecule has 0 aromatic rings. The second-order valence-electron chi connectivity index (χ2n) is 3.78. The van der Waals surface area contributed by atoms with Gasteiger partial charge in [0.15, 0.2) is 0 Å². The van der Waals surface area contributed by atoms with Crippen molar-refractivity contribution in [1.29, 1.82) is 0 Å². The van der Waals surface area contributed by atoms with Gasteiger partial charge in [-0.15, -0.1) is 0 Å². The smallest absolute Gasteiger partial charge is 0.0867 e. The first-order chi connectivity index (χ1) is 5.33. The van der Waals surface area contributed by atoms with Crippen molar-refractivity contribution in [2.45, 2.75) is 49.8 Å². The van der Waals surface area contributed by atoms with Gasteiger partial charge in [-0.25, -0.2) is 0 Å². The molecule has 4 saturated heterocycles. The summed E-state index contributed by atoms with van der Waals surface area (Å²) in [4.78, 5) is 0. The molecule has 0 spiro atoms. The summed E-state index contributed by atoms with van der Waals surface area (Å²) >= 11 is 0. The summed E-state index contributed by atoms with van der Waals surface area (Å²) in [5.41, 5.74) is 0. The highest BCUT2D eigenvalue weighted by Gasteiger charge is 2.50. The molecule has 0 aliphatic carbocycles. The van der Waals surface area contributed by atoms with E-state index in [1.165, 1.54) is 0 Å². The molecule has 62 valence electrons. The molecule has 4 heterocycles. The van der Waals surface area contributed by atoms with Crippen LogP contribution >= 0.6 is 0 Å². The number of hydrogen-bond donors (Lipinski definition) is 1. The van der Waals surface area contributed by atoms with E-state index >= 15 is 0 Å². The van der Waals surface area contributed by atoms with Gasteiger partial charge in [-0.05, 0) is 0 Å². The van der Waals surface area contributed by atoms with E-state index in [0.29, 0.717) is 12.2 Å². The predicted octanol–water partition coefficient (Wildman–Crippen LogP) is 0.0660. The molecule has 4 bridgehead atoms. The van der Waals surface area contributed by atoms with Crippen LogP contribution in [0.2, 0.25) is 0 Å². The molecule has 5 atom stereocenters. The van der Waals surface area contributed by atoms with Crippen LogP contribution in [0, 0.1) is 0 Å². The monoisotopic (exact) mass is 156 g/mol. The van der Waals surface area contributed by atoms with Crippen LogP contribution in [0.4, 0.5) is 0 Å². The van der Waals surface area contributed by atoms with E-state index in [4.69, 9.17) is 9.47 Å². The van der Waals surface area contributed by atoms with E-state index in [-0.39, 0.29) is 18.3 Å². The number of fused-ring (bicyclic) bond motifs is 1. The van der Waals surface area contributed by atoms with Crippen molar-refractivity contribution in [2.24, 2.45) is 0 Å². The van der Waals surface area contributed by atoms with Gasteiger partial charge in [0.1, 0.15) is 0 Å². The van der Waals surface area contributed by atoms with Crippen LogP contribution in [-0.4, -0.2) is 35.6 Å². The van der Waals surface area contributed by atoms with Crippen molar-refractivity contribution in [3.05, 3.63) is 0 Å². The molecule has 3 nitrogen and oxygen atoms in total. The van der Waals surface area contributed by atoms with Crippen molar-refractivity contribution in [1.82, 2.24) is 0 Å². The Balaban J connectivity index is 1.95. The molecule has 0 radical (unpaired) electrons. The van der Waals surface area contributed by atoms with Crippen LogP contribution in [0.25, 0.3) is 0 Å². The van der Waals surface area contributed by atoms with E-state index in [2.05, 4.69) is 0 Å². The highest BCUT2D eigenvalue weighted by Crippen LogP contribution is 2.41. The quantitative estimate of drug-likeness (QED) is 0.539. The fourth-order valence-electron chi connectivity index (χ4n) is 2.48. The first-order valence-corrected chi connectivity index (χ1v) is 4.32. The lowest BCUT2D eigenvalue weighted by Gasteiger charge is -2.15. The normalized spacial score (nSPS) is 60.3. The van der Waals surface area contributed by atoms with Crippen LogP contribution < -0.4 is 0 Å². The van der Waals surface area contributed by atoms with E-state index in [1.807, 2.05) is 0 Å². The van der Waals surface area contributed by atoms with Crippen LogP contribution in [0.1, 0.15) is 19.3 Å². The number of ether oxygens (including phenoxy) is 2. The zero-order chi connectivity index (χ0) is 7.42.